The molecule has 0 spiro atoms. The number of aliphatic hydroxyl groups is 1. The Morgan fingerprint density at radius 3 is 2.13 bits per heavy atom. The van der Waals surface area contributed by atoms with E-state index in [9.17, 15) is 19.5 Å². The average molecular weight is 423 g/mol. The molecule has 1 aromatic carbocycles. The summed E-state index contributed by atoms with van der Waals surface area (Å²) in [7, 11) is 0. The summed E-state index contributed by atoms with van der Waals surface area (Å²) < 4.78 is 10.5. The lowest BCUT2D eigenvalue weighted by Crippen LogP contribution is -2.56. The Balaban J connectivity index is 2.80. The highest BCUT2D eigenvalue weighted by molar-refractivity contribution is 5.90. The fourth-order valence-electron chi connectivity index (χ4n) is 2.62. The Bertz CT molecular complexity index is 697. The third kappa shape index (κ3) is 9.73. The number of nitrogens with one attached hydrogen (secondary N) is 2. The van der Waals surface area contributed by atoms with E-state index in [-0.39, 0.29) is 12.5 Å². The van der Waals surface area contributed by atoms with E-state index in [0.717, 1.165) is 5.56 Å². The van der Waals surface area contributed by atoms with E-state index < -0.39 is 41.8 Å². The summed E-state index contributed by atoms with van der Waals surface area (Å²) in [5, 5.41) is 14.9. The second-order valence-electron chi connectivity index (χ2n) is 8.65. The van der Waals surface area contributed by atoms with Gasteiger partial charge in [0.05, 0.1) is 6.10 Å². The van der Waals surface area contributed by atoms with Crippen LogP contribution in [0, 0.1) is 5.92 Å². The molecule has 30 heavy (non-hydrogen) atoms. The van der Waals surface area contributed by atoms with Gasteiger partial charge in [-0.1, -0.05) is 44.2 Å². The van der Waals surface area contributed by atoms with E-state index in [2.05, 4.69) is 10.6 Å². The summed E-state index contributed by atoms with van der Waals surface area (Å²) in [4.78, 5) is 37.3. The van der Waals surface area contributed by atoms with E-state index in [1.807, 2.05) is 44.2 Å². The zero-order valence-electron chi connectivity index (χ0n) is 18.6. The minimum absolute atomic E-state index is 0.0835. The van der Waals surface area contributed by atoms with Crippen molar-refractivity contribution in [1.29, 1.82) is 0 Å². The molecule has 3 atom stereocenters. The first kappa shape index (κ1) is 25.4. The van der Waals surface area contributed by atoms with Crippen LogP contribution in [0.15, 0.2) is 30.3 Å². The van der Waals surface area contributed by atoms with Crippen LogP contribution >= 0.6 is 0 Å². The summed E-state index contributed by atoms with van der Waals surface area (Å²) in [6, 6.07) is 7.01. The van der Waals surface area contributed by atoms with Gasteiger partial charge in [-0.25, -0.2) is 9.59 Å². The summed E-state index contributed by atoms with van der Waals surface area (Å²) in [5.41, 5.74) is 0.0690. The quantitative estimate of drug-likeness (QED) is 0.527. The molecule has 0 aliphatic heterocycles. The van der Waals surface area contributed by atoms with Gasteiger partial charge in [0.15, 0.2) is 0 Å². The van der Waals surface area contributed by atoms with Crippen molar-refractivity contribution in [1.82, 2.24) is 10.6 Å². The Morgan fingerprint density at radius 1 is 1.03 bits per heavy atom. The van der Waals surface area contributed by atoms with Crippen molar-refractivity contribution < 1.29 is 29.0 Å². The number of ether oxygens (including phenoxy) is 2. The fourth-order valence-corrected chi connectivity index (χ4v) is 2.62. The first-order valence-corrected chi connectivity index (χ1v) is 10.1. The fraction of sp³-hybridized carbons (Fsp3) is 0.591. The minimum atomic E-state index is -1.28. The van der Waals surface area contributed by atoms with Crippen LogP contribution in [-0.4, -0.2) is 46.9 Å². The summed E-state index contributed by atoms with van der Waals surface area (Å²) in [5.74, 6) is -1.18. The number of benzene rings is 1. The van der Waals surface area contributed by atoms with Gasteiger partial charge >= 0.3 is 12.1 Å². The molecule has 1 aromatic rings. The molecule has 2 amide bonds. The number of carbonyl (C=O) groups is 3. The molecule has 0 aliphatic rings. The third-order valence-electron chi connectivity index (χ3n) is 3.97. The molecule has 0 aromatic heterocycles. The number of alkyl carbamates (subject to hydrolysis) is 1. The van der Waals surface area contributed by atoms with Crippen LogP contribution in [-0.2, 0) is 25.7 Å². The van der Waals surface area contributed by atoms with Crippen molar-refractivity contribution in [3.63, 3.8) is 0 Å². The highest BCUT2D eigenvalue weighted by Gasteiger charge is 2.32. The van der Waals surface area contributed by atoms with Crippen LogP contribution in [0.5, 0.6) is 0 Å². The lowest BCUT2D eigenvalue weighted by atomic mass is 10.0. The highest BCUT2D eigenvalue weighted by atomic mass is 16.6. The number of carbonyl (C=O) groups excluding carboxylic acids is 3. The van der Waals surface area contributed by atoms with E-state index in [0.29, 0.717) is 6.42 Å². The maximum absolute atomic E-state index is 12.7. The van der Waals surface area contributed by atoms with E-state index in [1.54, 1.807) is 20.8 Å². The molecule has 8 nitrogen and oxygen atoms in total. The molecular formula is C22H34N2O6. The average Bonchev–Trinajstić information content (AvgIpc) is 2.62. The van der Waals surface area contributed by atoms with E-state index >= 15 is 0 Å². The van der Waals surface area contributed by atoms with Crippen LogP contribution in [0.3, 0.4) is 0 Å². The van der Waals surface area contributed by atoms with Crippen LogP contribution in [0.25, 0.3) is 0 Å². The molecule has 3 N–H and O–H groups in total. The zero-order chi connectivity index (χ0) is 22.9. The first-order chi connectivity index (χ1) is 13.9. The second kappa shape index (κ2) is 11.5. The van der Waals surface area contributed by atoms with Crippen LogP contribution in [0.1, 0.15) is 53.5 Å². The number of rotatable bonds is 9. The van der Waals surface area contributed by atoms with Gasteiger partial charge in [-0.3, -0.25) is 4.79 Å². The van der Waals surface area contributed by atoms with Gasteiger partial charge in [0.25, 0.3) is 0 Å². The molecule has 168 valence electrons. The molecule has 0 heterocycles. The third-order valence-corrected chi connectivity index (χ3v) is 3.97. The maximum atomic E-state index is 12.7. The predicted molar refractivity (Wildman–Crippen MR) is 112 cm³/mol. The van der Waals surface area contributed by atoms with E-state index in [4.69, 9.17) is 9.47 Å². The lowest BCUT2D eigenvalue weighted by molar-refractivity contribution is -0.150. The maximum Gasteiger partial charge on any atom is 0.408 e. The summed E-state index contributed by atoms with van der Waals surface area (Å²) in [6.45, 7) is 10.3. The van der Waals surface area contributed by atoms with Gasteiger partial charge in [-0.15, -0.1) is 0 Å². The summed E-state index contributed by atoms with van der Waals surface area (Å²) >= 11 is 0. The topological polar surface area (TPSA) is 114 Å². The van der Waals surface area contributed by atoms with Crippen LogP contribution < -0.4 is 10.6 Å². The van der Waals surface area contributed by atoms with Gasteiger partial charge in [0, 0.05) is 0 Å². The highest BCUT2D eigenvalue weighted by Crippen LogP contribution is 2.11. The number of aliphatic hydroxyl groups excluding tert-OH is 1. The molecule has 0 unspecified atom stereocenters. The van der Waals surface area contributed by atoms with Crippen LogP contribution in [0.4, 0.5) is 4.79 Å². The smallest absolute Gasteiger partial charge is 0.408 e. The van der Waals surface area contributed by atoms with Gasteiger partial charge in [-0.05, 0) is 45.6 Å². The van der Waals surface area contributed by atoms with Gasteiger partial charge in [0.2, 0.25) is 5.91 Å². The lowest BCUT2D eigenvalue weighted by Gasteiger charge is -2.26. The monoisotopic (exact) mass is 422 g/mol. The molecule has 8 heteroatoms. The normalized spacial score (nSPS) is 14.4. The SMILES string of the molecule is CC(C)C[C@H](NC(=O)[C@@H](NC(=O)OC(C)(C)C)[C@@H](C)O)C(=O)OCc1ccccc1. The first-order valence-electron chi connectivity index (χ1n) is 10.1. The minimum Gasteiger partial charge on any atom is -0.459 e. The largest absolute Gasteiger partial charge is 0.459 e. The molecule has 0 saturated heterocycles. The Morgan fingerprint density at radius 2 is 1.63 bits per heavy atom. The number of amides is 2. The zero-order valence-corrected chi connectivity index (χ0v) is 18.6. The summed E-state index contributed by atoms with van der Waals surface area (Å²) in [6.07, 6.45) is -1.69. The molecule has 0 saturated carbocycles. The van der Waals surface area contributed by atoms with Crippen LogP contribution in [0.2, 0.25) is 0 Å². The Kier molecular flexibility index (Phi) is 9.78. The van der Waals surface area contributed by atoms with Crippen molar-refractivity contribution in [3.8, 4) is 0 Å². The molecule has 0 bridgehead atoms. The van der Waals surface area contributed by atoms with E-state index in [1.165, 1.54) is 6.92 Å². The Hall–Kier alpha value is -2.61. The number of hydrogen-bond donors (Lipinski definition) is 3. The standard InChI is InChI=1S/C22H34N2O6/c1-14(2)12-17(20(27)29-13-16-10-8-7-9-11-16)23-19(26)18(15(3)25)24-21(28)30-22(4,5)6/h7-11,14-15,17-18,25H,12-13H2,1-6H3,(H,23,26)(H,24,28)/t15-,17+,18+/m1/s1. The van der Waals surface area contributed by atoms with Crippen molar-refractivity contribution in [2.24, 2.45) is 5.92 Å². The molecule has 1 rings (SSSR count). The molecule has 0 fully saturated rings. The molecular weight excluding hydrogens is 388 g/mol. The predicted octanol–water partition coefficient (Wildman–Crippen LogP) is 2.53. The second-order valence-corrected chi connectivity index (χ2v) is 8.65. The van der Waals surface area contributed by atoms with Crippen molar-refractivity contribution in [2.75, 3.05) is 0 Å². The van der Waals surface area contributed by atoms with Gasteiger partial charge in [-0.2, -0.15) is 0 Å². The van der Waals surface area contributed by atoms with Crippen molar-refractivity contribution in [2.45, 2.75) is 78.4 Å². The molecule has 0 aliphatic carbocycles. The van der Waals surface area contributed by atoms with Crippen molar-refractivity contribution >= 4 is 18.0 Å². The number of hydrogen-bond acceptors (Lipinski definition) is 6. The molecule has 0 radical (unpaired) electrons. The van der Waals surface area contributed by atoms with Crippen molar-refractivity contribution in [3.05, 3.63) is 35.9 Å². The number of esters is 1. The Labute approximate surface area is 178 Å². The van der Waals surface area contributed by atoms with Gasteiger partial charge < -0.3 is 25.2 Å². The van der Waals surface area contributed by atoms with Gasteiger partial charge in [0.1, 0.15) is 24.3 Å².